The van der Waals surface area contributed by atoms with Crippen LogP contribution < -0.4 is 20.3 Å². The highest BCUT2D eigenvalue weighted by atomic mass is 16.5. The number of carbonyl (C=O) groups is 1. The molecule has 6 heteroatoms. The molecule has 0 saturated carbocycles. The second-order valence-corrected chi connectivity index (χ2v) is 7.31. The van der Waals surface area contributed by atoms with Gasteiger partial charge in [-0.15, -0.1) is 0 Å². The maximum Gasteiger partial charge on any atom is 0.255 e. The number of methoxy groups -OCH3 is 2. The summed E-state index contributed by atoms with van der Waals surface area (Å²) in [6.07, 6.45) is 3.15. The molecule has 28 heavy (non-hydrogen) atoms. The van der Waals surface area contributed by atoms with Gasteiger partial charge in [-0.25, -0.2) is 0 Å². The molecule has 1 aliphatic heterocycles. The molecule has 2 aromatic rings. The van der Waals surface area contributed by atoms with Crippen molar-refractivity contribution in [1.29, 1.82) is 0 Å². The van der Waals surface area contributed by atoms with E-state index in [1.165, 1.54) is 11.1 Å². The molecule has 0 unspecified atom stereocenters. The van der Waals surface area contributed by atoms with Crippen molar-refractivity contribution in [2.45, 2.75) is 25.8 Å². The normalized spacial score (nSPS) is 13.6. The fraction of sp³-hybridized carbons (Fsp3) is 0.409. The van der Waals surface area contributed by atoms with Crippen LogP contribution in [0.15, 0.2) is 36.4 Å². The topological polar surface area (TPSA) is 50.8 Å². The van der Waals surface area contributed by atoms with Crippen LogP contribution in [0.3, 0.4) is 0 Å². The molecule has 0 bridgehead atoms. The maximum atomic E-state index is 12.6. The van der Waals surface area contributed by atoms with Crippen LogP contribution >= 0.6 is 0 Å². The third kappa shape index (κ3) is 4.87. The number of benzene rings is 2. The number of hydrogen-bond donors (Lipinski definition) is 1. The Labute approximate surface area is 168 Å². The van der Waals surface area contributed by atoms with Gasteiger partial charge >= 0.3 is 0 Å². The van der Waals surface area contributed by atoms with Crippen LogP contribution in [0.25, 0.3) is 0 Å². The highest BCUT2D eigenvalue weighted by molar-refractivity contribution is 6.33. The molecule has 0 aliphatic carbocycles. The van der Waals surface area contributed by atoms with Crippen molar-refractivity contribution in [3.05, 3.63) is 53.1 Å². The predicted octanol–water partition coefficient (Wildman–Crippen LogP) is 1.53. The minimum absolute atomic E-state index is 0.120. The lowest BCUT2D eigenvalue weighted by Gasteiger charge is -2.28. The molecule has 0 aromatic heterocycles. The lowest BCUT2D eigenvalue weighted by atomic mass is 9.93. The number of unbranched alkanes of at least 4 members (excludes halogenated alkanes) is 1. The Morgan fingerprint density at radius 3 is 2.68 bits per heavy atom. The van der Waals surface area contributed by atoms with Crippen LogP contribution in [0.1, 0.15) is 34.3 Å². The number of nitrogens with zero attached hydrogens (tertiary/aromatic N) is 1. The molecule has 2 aromatic carbocycles. The standard InChI is InChI=1S/C22H29BN2O3/c1-27-20-14-18(23)13-19(21(20)28-2)22(26)24-10-5-6-11-25-12-9-16-7-3-4-8-17(16)15-25/h3-4,7-8,13-14H,5-6,9-12,15,23H2,1-2H3,(H,24,26). The largest absolute Gasteiger partial charge is 0.493 e. The lowest BCUT2D eigenvalue weighted by Crippen LogP contribution is -2.32. The van der Waals surface area contributed by atoms with Crippen molar-refractivity contribution in [3.8, 4) is 11.5 Å². The molecule has 1 aliphatic rings. The zero-order valence-corrected chi connectivity index (χ0v) is 17.1. The lowest BCUT2D eigenvalue weighted by molar-refractivity contribution is 0.0949. The summed E-state index contributed by atoms with van der Waals surface area (Å²) in [6.45, 7) is 3.86. The van der Waals surface area contributed by atoms with Crippen LogP contribution in [0.4, 0.5) is 0 Å². The van der Waals surface area contributed by atoms with Gasteiger partial charge < -0.3 is 14.8 Å². The number of nitrogens with one attached hydrogen (secondary N) is 1. The summed E-state index contributed by atoms with van der Waals surface area (Å²) >= 11 is 0. The molecule has 0 atom stereocenters. The molecule has 3 rings (SSSR count). The molecule has 0 spiro atoms. The first-order valence-electron chi connectivity index (χ1n) is 9.92. The molecule has 1 heterocycles. The van der Waals surface area contributed by atoms with E-state index in [1.807, 2.05) is 20.0 Å². The molecule has 5 nitrogen and oxygen atoms in total. The van der Waals surface area contributed by atoms with E-state index in [0.717, 1.165) is 44.4 Å². The SMILES string of the molecule is Bc1cc(OC)c(OC)c(C(=O)NCCCCN2CCc3ccccc3C2)c1. The molecule has 1 amide bonds. The first-order chi connectivity index (χ1) is 13.6. The van der Waals surface area contributed by atoms with Gasteiger partial charge in [0.25, 0.3) is 5.91 Å². The van der Waals surface area contributed by atoms with Crippen LogP contribution in [0.2, 0.25) is 0 Å². The summed E-state index contributed by atoms with van der Waals surface area (Å²) in [6, 6.07) is 12.4. The highest BCUT2D eigenvalue weighted by Crippen LogP contribution is 2.29. The zero-order valence-electron chi connectivity index (χ0n) is 17.1. The van der Waals surface area contributed by atoms with Crippen LogP contribution in [0.5, 0.6) is 11.5 Å². The number of rotatable bonds is 8. The highest BCUT2D eigenvalue weighted by Gasteiger charge is 2.18. The molecule has 0 radical (unpaired) electrons. The van der Waals surface area contributed by atoms with E-state index in [9.17, 15) is 4.79 Å². The van der Waals surface area contributed by atoms with Crippen LogP contribution in [0, 0.1) is 0 Å². The van der Waals surface area contributed by atoms with E-state index in [-0.39, 0.29) is 5.91 Å². The fourth-order valence-corrected chi connectivity index (χ4v) is 3.77. The van der Waals surface area contributed by atoms with E-state index >= 15 is 0 Å². The summed E-state index contributed by atoms with van der Waals surface area (Å²) in [5, 5.41) is 3.01. The van der Waals surface area contributed by atoms with E-state index < -0.39 is 0 Å². The first kappa shape index (κ1) is 20.3. The van der Waals surface area contributed by atoms with Gasteiger partial charge in [0, 0.05) is 19.6 Å². The second-order valence-electron chi connectivity index (χ2n) is 7.31. The van der Waals surface area contributed by atoms with E-state index in [2.05, 4.69) is 34.5 Å². The van der Waals surface area contributed by atoms with Gasteiger partial charge in [-0.05, 0) is 43.0 Å². The number of ether oxygens (including phenoxy) is 2. The maximum absolute atomic E-state index is 12.6. The van der Waals surface area contributed by atoms with E-state index in [1.54, 1.807) is 14.2 Å². The van der Waals surface area contributed by atoms with Crippen molar-refractivity contribution in [1.82, 2.24) is 10.2 Å². The Balaban J connectivity index is 1.45. The monoisotopic (exact) mass is 380 g/mol. The summed E-state index contributed by atoms with van der Waals surface area (Å²) in [5.41, 5.74) is 4.41. The minimum Gasteiger partial charge on any atom is -0.493 e. The van der Waals surface area contributed by atoms with Crippen molar-refractivity contribution in [2.24, 2.45) is 0 Å². The van der Waals surface area contributed by atoms with Gasteiger partial charge in [0.05, 0.1) is 19.8 Å². The Morgan fingerprint density at radius 2 is 1.93 bits per heavy atom. The molecule has 0 saturated heterocycles. The van der Waals surface area contributed by atoms with E-state index in [4.69, 9.17) is 9.47 Å². The minimum atomic E-state index is -0.120. The molecule has 0 fully saturated rings. The van der Waals surface area contributed by atoms with Gasteiger partial charge in [0.15, 0.2) is 11.5 Å². The summed E-state index contributed by atoms with van der Waals surface area (Å²) in [5.74, 6) is 0.946. The van der Waals surface area contributed by atoms with Gasteiger partial charge in [-0.3, -0.25) is 9.69 Å². The quantitative estimate of drug-likeness (QED) is 0.558. The van der Waals surface area contributed by atoms with Gasteiger partial charge in [-0.1, -0.05) is 35.8 Å². The van der Waals surface area contributed by atoms with Crippen molar-refractivity contribution in [2.75, 3.05) is 33.9 Å². The van der Waals surface area contributed by atoms with Gasteiger partial charge in [0.2, 0.25) is 0 Å². The smallest absolute Gasteiger partial charge is 0.255 e. The number of amides is 1. The first-order valence-corrected chi connectivity index (χ1v) is 9.92. The third-order valence-corrected chi connectivity index (χ3v) is 5.26. The Morgan fingerprint density at radius 1 is 1.14 bits per heavy atom. The third-order valence-electron chi connectivity index (χ3n) is 5.26. The summed E-state index contributed by atoms with van der Waals surface area (Å²) in [7, 11) is 5.08. The Bertz CT molecular complexity index is 825. The summed E-state index contributed by atoms with van der Waals surface area (Å²) < 4.78 is 10.7. The van der Waals surface area contributed by atoms with E-state index in [0.29, 0.717) is 23.6 Å². The number of carbonyl (C=O) groups excluding carboxylic acids is 1. The fourth-order valence-electron chi connectivity index (χ4n) is 3.77. The Hall–Kier alpha value is -2.47. The predicted molar refractivity (Wildman–Crippen MR) is 115 cm³/mol. The van der Waals surface area contributed by atoms with Crippen molar-refractivity contribution in [3.63, 3.8) is 0 Å². The summed E-state index contributed by atoms with van der Waals surface area (Å²) in [4.78, 5) is 15.1. The molecule has 1 N–H and O–H groups in total. The van der Waals surface area contributed by atoms with Crippen LogP contribution in [-0.2, 0) is 13.0 Å². The second kappa shape index (κ2) is 9.65. The van der Waals surface area contributed by atoms with Crippen molar-refractivity contribution < 1.29 is 14.3 Å². The van der Waals surface area contributed by atoms with Gasteiger partial charge in [0.1, 0.15) is 7.85 Å². The number of fused-ring (bicyclic) bond motifs is 1. The number of hydrogen-bond acceptors (Lipinski definition) is 4. The zero-order chi connectivity index (χ0) is 19.9. The molecular weight excluding hydrogens is 351 g/mol. The average molecular weight is 380 g/mol. The van der Waals surface area contributed by atoms with Crippen molar-refractivity contribution >= 4 is 19.2 Å². The average Bonchev–Trinajstić information content (AvgIpc) is 2.72. The van der Waals surface area contributed by atoms with Gasteiger partial charge in [-0.2, -0.15) is 0 Å². The van der Waals surface area contributed by atoms with Crippen LogP contribution in [-0.4, -0.2) is 52.5 Å². The molecule has 148 valence electrons. The Kier molecular flexibility index (Phi) is 6.98. The molecular formula is C22H29BN2O3.